The molecule has 0 amide bonds. The van der Waals surface area contributed by atoms with Crippen molar-refractivity contribution in [3.8, 4) is 0 Å². The van der Waals surface area contributed by atoms with E-state index >= 15 is 0 Å². The molecular weight excluding hydrogens is 252 g/mol. The minimum absolute atomic E-state index is 0.303. The van der Waals surface area contributed by atoms with Crippen LogP contribution >= 0.6 is 0 Å². The minimum atomic E-state index is -0.303. The molecule has 1 aliphatic carbocycles. The number of carbonyl (C=O) groups is 1. The summed E-state index contributed by atoms with van der Waals surface area (Å²) >= 11 is 0. The number of hydrogen-bond acceptors (Lipinski definition) is 4. The maximum absolute atomic E-state index is 11.7. The number of rotatable bonds is 5. The standard InChI is InChI=1S/C16H24N2O2/c1-3-20-15(19)12-6-7-13(17)14(10-12)18-11-16(2)8-4-5-9-16/h6-7,10,18H,3-5,8-9,11,17H2,1-2H3. The quantitative estimate of drug-likeness (QED) is 0.638. The Balaban J connectivity index is 2.06. The first-order chi connectivity index (χ1) is 9.54. The lowest BCUT2D eigenvalue weighted by Crippen LogP contribution is -2.23. The molecule has 0 heterocycles. The van der Waals surface area contributed by atoms with Crippen molar-refractivity contribution in [3.05, 3.63) is 23.8 Å². The fraction of sp³-hybridized carbons (Fsp3) is 0.562. The highest BCUT2D eigenvalue weighted by Gasteiger charge is 2.28. The lowest BCUT2D eigenvalue weighted by molar-refractivity contribution is 0.0526. The van der Waals surface area contributed by atoms with E-state index in [1.54, 1.807) is 25.1 Å². The molecule has 1 aliphatic rings. The van der Waals surface area contributed by atoms with Crippen molar-refractivity contribution in [2.24, 2.45) is 5.41 Å². The van der Waals surface area contributed by atoms with Crippen LogP contribution in [0.4, 0.5) is 11.4 Å². The zero-order valence-electron chi connectivity index (χ0n) is 12.4. The number of ether oxygens (including phenoxy) is 1. The summed E-state index contributed by atoms with van der Waals surface area (Å²) in [4.78, 5) is 11.7. The summed E-state index contributed by atoms with van der Waals surface area (Å²) in [6.07, 6.45) is 5.10. The first-order valence-corrected chi connectivity index (χ1v) is 7.34. The van der Waals surface area contributed by atoms with E-state index in [9.17, 15) is 4.79 Å². The summed E-state index contributed by atoms with van der Waals surface area (Å²) in [6.45, 7) is 5.38. The third-order valence-electron chi connectivity index (χ3n) is 4.08. The second kappa shape index (κ2) is 6.16. The van der Waals surface area contributed by atoms with Gasteiger partial charge in [0.05, 0.1) is 23.5 Å². The second-order valence-electron chi connectivity index (χ2n) is 5.89. The molecule has 0 radical (unpaired) electrons. The zero-order chi connectivity index (χ0) is 14.6. The molecule has 0 atom stereocenters. The molecule has 4 nitrogen and oxygen atoms in total. The molecule has 0 spiro atoms. The number of benzene rings is 1. The van der Waals surface area contributed by atoms with Crippen LogP contribution in [0.25, 0.3) is 0 Å². The van der Waals surface area contributed by atoms with Gasteiger partial charge in [0, 0.05) is 6.54 Å². The lowest BCUT2D eigenvalue weighted by atomic mass is 9.89. The molecule has 0 aliphatic heterocycles. The van der Waals surface area contributed by atoms with E-state index in [0.717, 1.165) is 12.2 Å². The van der Waals surface area contributed by atoms with Gasteiger partial charge < -0.3 is 15.8 Å². The normalized spacial score (nSPS) is 16.9. The minimum Gasteiger partial charge on any atom is -0.462 e. The molecule has 1 aromatic rings. The van der Waals surface area contributed by atoms with Gasteiger partial charge in [-0.05, 0) is 43.4 Å². The van der Waals surface area contributed by atoms with Crippen LogP contribution in [0, 0.1) is 5.41 Å². The third kappa shape index (κ3) is 3.44. The van der Waals surface area contributed by atoms with Crippen molar-refractivity contribution in [2.45, 2.75) is 39.5 Å². The number of hydrogen-bond donors (Lipinski definition) is 2. The maximum atomic E-state index is 11.7. The Kier molecular flexibility index (Phi) is 4.53. The number of esters is 1. The van der Waals surface area contributed by atoms with Gasteiger partial charge in [0.1, 0.15) is 0 Å². The third-order valence-corrected chi connectivity index (χ3v) is 4.08. The number of nitrogen functional groups attached to an aromatic ring is 1. The number of carbonyl (C=O) groups excluding carboxylic acids is 1. The first-order valence-electron chi connectivity index (χ1n) is 7.34. The van der Waals surface area contributed by atoms with Crippen LogP contribution < -0.4 is 11.1 Å². The lowest BCUT2D eigenvalue weighted by Gasteiger charge is -2.25. The van der Waals surface area contributed by atoms with Crippen LogP contribution in [0.15, 0.2) is 18.2 Å². The Morgan fingerprint density at radius 2 is 2.10 bits per heavy atom. The summed E-state index contributed by atoms with van der Waals surface area (Å²) < 4.78 is 5.01. The number of nitrogens with one attached hydrogen (secondary N) is 1. The average molecular weight is 276 g/mol. The Morgan fingerprint density at radius 1 is 1.40 bits per heavy atom. The van der Waals surface area contributed by atoms with Crippen molar-refractivity contribution in [3.63, 3.8) is 0 Å². The van der Waals surface area contributed by atoms with E-state index in [2.05, 4.69) is 12.2 Å². The topological polar surface area (TPSA) is 64.3 Å². The van der Waals surface area contributed by atoms with Gasteiger partial charge in [-0.25, -0.2) is 4.79 Å². The smallest absolute Gasteiger partial charge is 0.338 e. The molecule has 1 aromatic carbocycles. The summed E-state index contributed by atoms with van der Waals surface area (Å²) in [7, 11) is 0. The molecule has 20 heavy (non-hydrogen) atoms. The Morgan fingerprint density at radius 3 is 2.75 bits per heavy atom. The fourth-order valence-corrected chi connectivity index (χ4v) is 2.76. The molecule has 0 bridgehead atoms. The predicted molar refractivity (Wildman–Crippen MR) is 81.9 cm³/mol. The molecule has 2 rings (SSSR count). The van der Waals surface area contributed by atoms with E-state index < -0.39 is 0 Å². The monoisotopic (exact) mass is 276 g/mol. The van der Waals surface area contributed by atoms with E-state index in [1.807, 2.05) is 0 Å². The van der Waals surface area contributed by atoms with Crippen molar-refractivity contribution in [2.75, 3.05) is 24.2 Å². The van der Waals surface area contributed by atoms with Gasteiger partial charge >= 0.3 is 5.97 Å². The highest BCUT2D eigenvalue weighted by molar-refractivity contribution is 5.92. The molecule has 4 heteroatoms. The van der Waals surface area contributed by atoms with Crippen LogP contribution in [0.1, 0.15) is 49.9 Å². The van der Waals surface area contributed by atoms with Gasteiger partial charge in [-0.1, -0.05) is 19.8 Å². The highest BCUT2D eigenvalue weighted by atomic mass is 16.5. The fourth-order valence-electron chi connectivity index (χ4n) is 2.76. The van der Waals surface area contributed by atoms with Crippen LogP contribution in [-0.4, -0.2) is 19.1 Å². The van der Waals surface area contributed by atoms with E-state index in [-0.39, 0.29) is 5.97 Å². The highest BCUT2D eigenvalue weighted by Crippen LogP contribution is 2.37. The molecule has 0 aromatic heterocycles. The Bertz CT molecular complexity index is 479. The molecule has 0 saturated heterocycles. The first kappa shape index (κ1) is 14.7. The average Bonchev–Trinajstić information content (AvgIpc) is 2.85. The number of nitrogens with two attached hydrogens (primary N) is 1. The summed E-state index contributed by atoms with van der Waals surface area (Å²) in [5.41, 5.74) is 8.35. The SMILES string of the molecule is CCOC(=O)c1ccc(N)c(NCC2(C)CCCC2)c1. The van der Waals surface area contributed by atoms with Gasteiger partial charge in [-0.2, -0.15) is 0 Å². The number of anilines is 2. The van der Waals surface area contributed by atoms with Gasteiger partial charge in [0.25, 0.3) is 0 Å². The van der Waals surface area contributed by atoms with Crippen LogP contribution in [-0.2, 0) is 4.74 Å². The zero-order valence-corrected chi connectivity index (χ0v) is 12.4. The Hall–Kier alpha value is -1.71. The largest absolute Gasteiger partial charge is 0.462 e. The van der Waals surface area contributed by atoms with E-state index in [0.29, 0.717) is 23.3 Å². The van der Waals surface area contributed by atoms with Crippen LogP contribution in [0.3, 0.4) is 0 Å². The van der Waals surface area contributed by atoms with E-state index in [4.69, 9.17) is 10.5 Å². The van der Waals surface area contributed by atoms with Crippen LogP contribution in [0.5, 0.6) is 0 Å². The summed E-state index contributed by atoms with van der Waals surface area (Å²) in [5, 5.41) is 3.40. The van der Waals surface area contributed by atoms with Crippen LogP contribution in [0.2, 0.25) is 0 Å². The predicted octanol–water partition coefficient (Wildman–Crippen LogP) is 3.44. The van der Waals surface area contributed by atoms with Crippen molar-refractivity contribution < 1.29 is 9.53 Å². The van der Waals surface area contributed by atoms with Gasteiger partial charge in [0.15, 0.2) is 0 Å². The molecule has 1 fully saturated rings. The van der Waals surface area contributed by atoms with E-state index in [1.165, 1.54) is 25.7 Å². The van der Waals surface area contributed by atoms with Gasteiger partial charge in [-0.3, -0.25) is 0 Å². The summed E-state index contributed by atoms with van der Waals surface area (Å²) in [5.74, 6) is -0.303. The van der Waals surface area contributed by atoms with Crippen molar-refractivity contribution in [1.29, 1.82) is 0 Å². The van der Waals surface area contributed by atoms with Crippen molar-refractivity contribution in [1.82, 2.24) is 0 Å². The Labute approximate surface area is 120 Å². The maximum Gasteiger partial charge on any atom is 0.338 e. The van der Waals surface area contributed by atoms with Crippen molar-refractivity contribution >= 4 is 17.3 Å². The molecule has 110 valence electrons. The second-order valence-corrected chi connectivity index (χ2v) is 5.89. The summed E-state index contributed by atoms with van der Waals surface area (Å²) in [6, 6.07) is 5.24. The molecular formula is C16H24N2O2. The molecule has 1 saturated carbocycles. The molecule has 3 N–H and O–H groups in total. The van der Waals surface area contributed by atoms with Gasteiger partial charge in [0.2, 0.25) is 0 Å². The molecule has 0 unspecified atom stereocenters. The van der Waals surface area contributed by atoms with Gasteiger partial charge in [-0.15, -0.1) is 0 Å².